The van der Waals surface area contributed by atoms with Crippen molar-refractivity contribution >= 4 is 0 Å². The molecule has 0 bridgehead atoms. The first kappa shape index (κ1) is 14.3. The van der Waals surface area contributed by atoms with Gasteiger partial charge in [-0.25, -0.2) is 0 Å². The summed E-state index contributed by atoms with van der Waals surface area (Å²) in [6, 6.07) is 0. The zero-order valence-corrected chi connectivity index (χ0v) is 7.93. The van der Waals surface area contributed by atoms with Crippen molar-refractivity contribution in [1.82, 2.24) is 0 Å². The molecular weight excluding hydrogens is 208 g/mol. The van der Waals surface area contributed by atoms with Crippen molar-refractivity contribution in [2.45, 2.75) is 30.5 Å². The quantitative estimate of drug-likeness (QED) is 0.236. The first-order valence-electron chi connectivity index (χ1n) is 4.21. The summed E-state index contributed by atoms with van der Waals surface area (Å²) in [4.78, 5) is 0. The molecule has 7 N–H and O–H groups in total. The lowest BCUT2D eigenvalue weighted by molar-refractivity contribution is -0.138. The normalized spacial score (nSPS) is 21.5. The lowest BCUT2D eigenvalue weighted by Gasteiger charge is -2.27. The monoisotopic (exact) mass is 224 g/mol. The highest BCUT2D eigenvalue weighted by atomic mass is 16.4. The molecule has 0 aromatic carbocycles. The summed E-state index contributed by atoms with van der Waals surface area (Å²) in [7, 11) is 0. The van der Waals surface area contributed by atoms with Crippen LogP contribution in [0.4, 0.5) is 0 Å². The molecule has 0 heterocycles. The Morgan fingerprint density at radius 3 is 1.73 bits per heavy atom. The summed E-state index contributed by atoms with van der Waals surface area (Å²) in [5, 5.41) is 62.7. The molecule has 0 aliphatic carbocycles. The maximum atomic E-state index is 9.22. The van der Waals surface area contributed by atoms with E-state index in [1.54, 1.807) is 0 Å². The van der Waals surface area contributed by atoms with Gasteiger partial charge in [0.1, 0.15) is 36.3 Å². The van der Waals surface area contributed by atoms with E-state index in [4.69, 9.17) is 25.5 Å². The van der Waals surface area contributed by atoms with Gasteiger partial charge >= 0.3 is 0 Å². The summed E-state index contributed by atoms with van der Waals surface area (Å²) in [5.74, 6) is -0.785. The second-order valence-electron chi connectivity index (χ2n) is 3.16. The van der Waals surface area contributed by atoms with Gasteiger partial charge in [-0.3, -0.25) is 0 Å². The molecule has 0 rings (SSSR count). The first-order chi connectivity index (χ1) is 6.82. The third kappa shape index (κ3) is 3.74. The summed E-state index contributed by atoms with van der Waals surface area (Å²) in [6.45, 7) is 2.11. The standard InChI is InChI=1S/C8H16O7/c1-3(10)5(12)7(14)8(15)6(13)4(11)2-9/h4-15H,1-2H2/t4-,5?,6-,7+,8+/m1/s1. The van der Waals surface area contributed by atoms with Crippen molar-refractivity contribution < 1.29 is 35.7 Å². The lowest BCUT2D eigenvalue weighted by atomic mass is 9.99. The molecule has 90 valence electrons. The van der Waals surface area contributed by atoms with Crippen LogP contribution in [-0.4, -0.2) is 72.9 Å². The molecule has 0 saturated heterocycles. The average molecular weight is 224 g/mol. The fourth-order valence-electron chi connectivity index (χ4n) is 0.922. The molecule has 0 fully saturated rings. The van der Waals surface area contributed by atoms with E-state index in [1.165, 1.54) is 0 Å². The highest BCUT2D eigenvalue weighted by molar-refractivity contribution is 4.97. The zero-order chi connectivity index (χ0) is 12.2. The molecular formula is C8H16O7. The molecule has 0 radical (unpaired) electrons. The van der Waals surface area contributed by atoms with Gasteiger partial charge in [0.25, 0.3) is 0 Å². The SMILES string of the molecule is C=C(O)C(O)[C@H](O)[C@@H](O)[C@H](O)[C@H](O)CO. The van der Waals surface area contributed by atoms with Gasteiger partial charge in [-0.2, -0.15) is 0 Å². The Bertz CT molecular complexity index is 207. The molecule has 15 heavy (non-hydrogen) atoms. The van der Waals surface area contributed by atoms with Crippen LogP contribution < -0.4 is 0 Å². The molecule has 0 aromatic heterocycles. The third-order valence-electron chi connectivity index (χ3n) is 1.95. The maximum absolute atomic E-state index is 9.22. The Labute approximate surface area is 86.2 Å². The van der Waals surface area contributed by atoms with Crippen LogP contribution in [0.5, 0.6) is 0 Å². The van der Waals surface area contributed by atoms with Crippen LogP contribution in [0.3, 0.4) is 0 Å². The summed E-state index contributed by atoms with van der Waals surface area (Å²) < 4.78 is 0. The fraction of sp³-hybridized carbons (Fsp3) is 0.750. The van der Waals surface area contributed by atoms with Gasteiger partial charge < -0.3 is 35.7 Å². The Hall–Kier alpha value is -0.700. The summed E-state index contributed by atoms with van der Waals surface area (Å²) in [6.07, 6.45) is -9.20. The smallest absolute Gasteiger partial charge is 0.139 e. The molecule has 7 nitrogen and oxygen atoms in total. The predicted octanol–water partition coefficient (Wildman–Crippen LogP) is -3.15. The van der Waals surface area contributed by atoms with Gasteiger partial charge in [0, 0.05) is 0 Å². The van der Waals surface area contributed by atoms with Gasteiger partial charge in [-0.15, -0.1) is 0 Å². The van der Waals surface area contributed by atoms with E-state index in [0.29, 0.717) is 0 Å². The minimum atomic E-state index is -1.92. The number of aliphatic hydroxyl groups excluding tert-OH is 7. The van der Waals surface area contributed by atoms with Gasteiger partial charge in [-0.05, 0) is 0 Å². The summed E-state index contributed by atoms with van der Waals surface area (Å²) in [5.41, 5.74) is 0. The fourth-order valence-corrected chi connectivity index (χ4v) is 0.922. The van der Waals surface area contributed by atoms with E-state index >= 15 is 0 Å². The maximum Gasteiger partial charge on any atom is 0.139 e. The average Bonchev–Trinajstić information content (AvgIpc) is 2.23. The molecule has 0 aliphatic heterocycles. The van der Waals surface area contributed by atoms with Crippen molar-refractivity contribution in [3.8, 4) is 0 Å². The van der Waals surface area contributed by atoms with Crippen molar-refractivity contribution in [2.75, 3.05) is 6.61 Å². The molecule has 0 saturated carbocycles. The van der Waals surface area contributed by atoms with Crippen molar-refractivity contribution in [1.29, 1.82) is 0 Å². The predicted molar refractivity (Wildman–Crippen MR) is 48.9 cm³/mol. The van der Waals surface area contributed by atoms with Crippen LogP contribution >= 0.6 is 0 Å². The van der Waals surface area contributed by atoms with Crippen molar-refractivity contribution in [3.05, 3.63) is 12.3 Å². The van der Waals surface area contributed by atoms with Crippen LogP contribution in [0.1, 0.15) is 0 Å². The largest absolute Gasteiger partial charge is 0.510 e. The zero-order valence-electron chi connectivity index (χ0n) is 7.93. The van der Waals surface area contributed by atoms with Gasteiger partial charge in [-0.1, -0.05) is 6.58 Å². The molecule has 7 heteroatoms. The summed E-state index contributed by atoms with van der Waals surface area (Å²) >= 11 is 0. The van der Waals surface area contributed by atoms with Crippen LogP contribution in [0.15, 0.2) is 12.3 Å². The van der Waals surface area contributed by atoms with E-state index in [0.717, 1.165) is 0 Å². The van der Waals surface area contributed by atoms with Crippen LogP contribution in [-0.2, 0) is 0 Å². The lowest BCUT2D eigenvalue weighted by Crippen LogP contribution is -2.50. The minimum Gasteiger partial charge on any atom is -0.510 e. The number of hydrogen-bond acceptors (Lipinski definition) is 7. The van der Waals surface area contributed by atoms with Crippen molar-refractivity contribution in [2.24, 2.45) is 0 Å². The Morgan fingerprint density at radius 1 is 0.933 bits per heavy atom. The van der Waals surface area contributed by atoms with E-state index in [9.17, 15) is 10.2 Å². The second kappa shape index (κ2) is 6.01. The van der Waals surface area contributed by atoms with Crippen LogP contribution in [0.2, 0.25) is 0 Å². The molecule has 0 aromatic rings. The van der Waals surface area contributed by atoms with Crippen molar-refractivity contribution in [3.63, 3.8) is 0 Å². The molecule has 0 spiro atoms. The molecule has 0 aliphatic rings. The Morgan fingerprint density at radius 2 is 1.40 bits per heavy atom. The Balaban J connectivity index is 4.42. The van der Waals surface area contributed by atoms with E-state index < -0.39 is 42.9 Å². The number of rotatable bonds is 6. The van der Waals surface area contributed by atoms with E-state index in [2.05, 4.69) is 6.58 Å². The van der Waals surface area contributed by atoms with Crippen LogP contribution in [0, 0.1) is 0 Å². The highest BCUT2D eigenvalue weighted by Crippen LogP contribution is 2.11. The van der Waals surface area contributed by atoms with Gasteiger partial charge in [0.2, 0.25) is 0 Å². The number of hydrogen-bond donors (Lipinski definition) is 7. The third-order valence-corrected chi connectivity index (χ3v) is 1.95. The second-order valence-corrected chi connectivity index (χ2v) is 3.16. The van der Waals surface area contributed by atoms with Gasteiger partial charge in [0.05, 0.1) is 6.61 Å². The van der Waals surface area contributed by atoms with E-state index in [-0.39, 0.29) is 0 Å². The topological polar surface area (TPSA) is 142 Å². The molecule has 5 atom stereocenters. The minimum absolute atomic E-state index is 0.785. The molecule has 0 amide bonds. The highest BCUT2D eigenvalue weighted by Gasteiger charge is 2.34. The Kier molecular flexibility index (Phi) is 5.73. The van der Waals surface area contributed by atoms with Gasteiger partial charge in [0.15, 0.2) is 0 Å². The molecule has 1 unspecified atom stereocenters. The van der Waals surface area contributed by atoms with Crippen LogP contribution in [0.25, 0.3) is 0 Å². The first-order valence-corrected chi connectivity index (χ1v) is 4.21. The van der Waals surface area contributed by atoms with E-state index in [1.807, 2.05) is 0 Å². The number of aliphatic hydroxyl groups is 7.